The van der Waals surface area contributed by atoms with Crippen molar-refractivity contribution in [1.82, 2.24) is 0 Å². The molecule has 0 saturated carbocycles. The summed E-state index contributed by atoms with van der Waals surface area (Å²) in [5.74, 6) is 0. The minimum Gasteiger partial charge on any atom is -0.341 e. The van der Waals surface area contributed by atoms with E-state index in [0.717, 1.165) is 16.4 Å². The van der Waals surface area contributed by atoms with Gasteiger partial charge in [-0.25, -0.2) is 0 Å². The zero-order valence-corrected chi connectivity index (χ0v) is 15.6. The van der Waals surface area contributed by atoms with Gasteiger partial charge < -0.3 is 4.89 Å². The summed E-state index contributed by atoms with van der Waals surface area (Å²) in [6, 6.07) is 28.8. The predicted molar refractivity (Wildman–Crippen MR) is 105 cm³/mol. The van der Waals surface area contributed by atoms with Crippen LogP contribution in [0.2, 0.25) is 0 Å². The molecule has 0 bridgehead atoms. The molecule has 0 amide bonds. The maximum atomic E-state index is 9.04. The fraction of sp³-hybridized carbons (Fsp3) is 0. The van der Waals surface area contributed by atoms with E-state index < -0.39 is 0 Å². The Labute approximate surface area is 161 Å². The van der Waals surface area contributed by atoms with Crippen molar-refractivity contribution in [2.24, 2.45) is 0 Å². The fourth-order valence-corrected chi connectivity index (χ4v) is 3.02. The molecule has 25 heavy (non-hydrogen) atoms. The molecule has 1 nitrogen and oxygen atoms in total. The van der Waals surface area contributed by atoms with E-state index in [4.69, 9.17) is 4.89 Å². The van der Waals surface area contributed by atoms with Crippen LogP contribution in [0.1, 0.15) is 5.56 Å². The molecule has 0 heterocycles. The molecule has 1 N–H and O–H groups in total. The molecule has 0 fully saturated rings. The third kappa shape index (κ3) is 5.19. The first-order valence-corrected chi connectivity index (χ1v) is 8.66. The molecular weight excluding hydrogens is 367 g/mol. The van der Waals surface area contributed by atoms with Crippen molar-refractivity contribution in [2.75, 3.05) is 0 Å². The van der Waals surface area contributed by atoms with Crippen LogP contribution < -0.4 is 0 Å². The molecule has 3 aromatic carbocycles. The molecule has 3 aromatic rings. The smallest absolute Gasteiger partial charge is 0.341 e. The van der Waals surface area contributed by atoms with Crippen molar-refractivity contribution in [2.45, 2.75) is 0 Å². The summed E-state index contributed by atoms with van der Waals surface area (Å²) in [5, 5.41) is 0.964. The molecule has 1 aliphatic rings. The summed E-state index contributed by atoms with van der Waals surface area (Å²) >= 11 is 0. The van der Waals surface area contributed by atoms with Crippen molar-refractivity contribution in [1.29, 1.82) is 0 Å². The van der Waals surface area contributed by atoms with Gasteiger partial charge >= 0.3 is 17.1 Å². The molecule has 0 aromatic heterocycles. The maximum absolute atomic E-state index is 9.04. The van der Waals surface area contributed by atoms with Crippen molar-refractivity contribution < 1.29 is 22.0 Å². The molecule has 0 radical (unpaired) electrons. The van der Waals surface area contributed by atoms with E-state index in [9.17, 15) is 0 Å². The summed E-state index contributed by atoms with van der Waals surface area (Å²) in [6.45, 7) is 0. The van der Waals surface area contributed by atoms with E-state index in [0.29, 0.717) is 8.43 Å². The van der Waals surface area contributed by atoms with Crippen molar-refractivity contribution >= 4 is 19.3 Å². The molecule has 0 unspecified atom stereocenters. The van der Waals surface area contributed by atoms with Gasteiger partial charge in [-0.2, -0.15) is 23.8 Å². The molecule has 3 heteroatoms. The van der Waals surface area contributed by atoms with E-state index in [-0.39, 0.29) is 17.1 Å². The fourth-order valence-electron chi connectivity index (χ4n) is 2.56. The third-order valence-corrected chi connectivity index (χ3v) is 4.36. The van der Waals surface area contributed by atoms with Gasteiger partial charge in [-0.15, -0.1) is 11.6 Å². The Bertz CT molecular complexity index is 848. The SMILES string of the molecule is OP=C1C=CC=C1c1ccccc1.[Fe+2].c1ccc(-c2ccc[cH-]2)cc1. The number of allylic oxidation sites excluding steroid dienone is 4. The van der Waals surface area contributed by atoms with Crippen molar-refractivity contribution in [3.05, 3.63) is 109 Å². The van der Waals surface area contributed by atoms with Gasteiger partial charge in [-0.05, 0) is 17.2 Å². The van der Waals surface area contributed by atoms with Gasteiger partial charge in [-0.3, -0.25) is 0 Å². The van der Waals surface area contributed by atoms with Gasteiger partial charge in [0.1, 0.15) is 0 Å². The van der Waals surface area contributed by atoms with Gasteiger partial charge in [-0.1, -0.05) is 72.8 Å². The van der Waals surface area contributed by atoms with Crippen LogP contribution in [0.5, 0.6) is 0 Å². The summed E-state index contributed by atoms with van der Waals surface area (Å²) in [5.41, 5.74) is 4.86. The van der Waals surface area contributed by atoms with Gasteiger partial charge in [0.05, 0.1) is 8.43 Å². The summed E-state index contributed by atoms with van der Waals surface area (Å²) < 4.78 is 0. The standard InChI is InChI=1S/C11H9OP.C11H9.Fe/c12-13-11-8-4-7-10(11)9-5-2-1-3-6-9;1-2-6-10(7-3-1)11-8-4-5-9-11;/h1-8,12H;1-9H;/q;-1;+2. The Morgan fingerprint density at radius 2 is 1.40 bits per heavy atom. The van der Waals surface area contributed by atoms with Crippen molar-refractivity contribution in [3.8, 4) is 11.1 Å². The van der Waals surface area contributed by atoms with Gasteiger partial charge in [0.2, 0.25) is 0 Å². The second kappa shape index (κ2) is 10.0. The van der Waals surface area contributed by atoms with Crippen LogP contribution >= 0.6 is 8.43 Å². The van der Waals surface area contributed by atoms with Crippen LogP contribution in [0.3, 0.4) is 0 Å². The minimum absolute atomic E-state index is 0. The quantitative estimate of drug-likeness (QED) is 0.339. The van der Waals surface area contributed by atoms with E-state index in [1.54, 1.807) is 0 Å². The molecule has 124 valence electrons. The summed E-state index contributed by atoms with van der Waals surface area (Å²) in [4.78, 5) is 9.04. The average Bonchev–Trinajstić information content (AvgIpc) is 3.35. The van der Waals surface area contributed by atoms with Crippen LogP contribution in [0.25, 0.3) is 16.7 Å². The van der Waals surface area contributed by atoms with E-state index in [1.807, 2.05) is 54.6 Å². The molecule has 4 rings (SSSR count). The molecular formula is C22H18FeOP+. The second-order valence-electron chi connectivity index (χ2n) is 5.33. The first-order valence-electron chi connectivity index (χ1n) is 7.82. The van der Waals surface area contributed by atoms with E-state index >= 15 is 0 Å². The Balaban J connectivity index is 0.000000175. The Morgan fingerprint density at radius 3 is 1.96 bits per heavy atom. The van der Waals surface area contributed by atoms with Crippen LogP contribution in [-0.2, 0) is 17.1 Å². The topological polar surface area (TPSA) is 20.2 Å². The number of benzene rings is 2. The summed E-state index contributed by atoms with van der Waals surface area (Å²) in [7, 11) is 0.338. The Morgan fingerprint density at radius 1 is 0.760 bits per heavy atom. The van der Waals surface area contributed by atoms with Crippen LogP contribution in [0, 0.1) is 0 Å². The third-order valence-electron chi connectivity index (χ3n) is 3.76. The molecule has 0 atom stereocenters. The molecule has 0 saturated heterocycles. The zero-order valence-electron chi connectivity index (χ0n) is 13.6. The molecule has 1 aliphatic carbocycles. The van der Waals surface area contributed by atoms with Gasteiger partial charge in [0.25, 0.3) is 0 Å². The molecule has 0 spiro atoms. The number of rotatable bonds is 2. The normalized spacial score (nSPS) is 13.6. The predicted octanol–water partition coefficient (Wildman–Crippen LogP) is 5.74. The van der Waals surface area contributed by atoms with E-state index in [1.165, 1.54) is 11.1 Å². The minimum atomic E-state index is 0. The number of hydrogen-bond donors (Lipinski definition) is 1. The summed E-state index contributed by atoms with van der Waals surface area (Å²) in [6.07, 6.45) is 5.92. The maximum Gasteiger partial charge on any atom is 2.00 e. The Hall–Kier alpha value is -2.08. The van der Waals surface area contributed by atoms with Crippen LogP contribution in [-0.4, -0.2) is 10.2 Å². The first-order chi connectivity index (χ1) is 11.9. The average molecular weight is 385 g/mol. The van der Waals surface area contributed by atoms with E-state index in [2.05, 4.69) is 48.5 Å². The zero-order chi connectivity index (χ0) is 16.6. The van der Waals surface area contributed by atoms with Gasteiger partial charge in [0.15, 0.2) is 0 Å². The van der Waals surface area contributed by atoms with Crippen LogP contribution in [0.4, 0.5) is 0 Å². The van der Waals surface area contributed by atoms with Crippen molar-refractivity contribution in [3.63, 3.8) is 0 Å². The first kappa shape index (κ1) is 19.2. The monoisotopic (exact) mass is 385 g/mol. The molecule has 0 aliphatic heterocycles. The second-order valence-corrected chi connectivity index (χ2v) is 6.01. The number of hydrogen-bond acceptors (Lipinski definition) is 1. The van der Waals surface area contributed by atoms with Crippen LogP contribution in [0.15, 0.2) is 103 Å². The Kier molecular flexibility index (Phi) is 7.72. The largest absolute Gasteiger partial charge is 2.00 e. The van der Waals surface area contributed by atoms with Gasteiger partial charge in [0, 0.05) is 5.29 Å².